The Kier molecular flexibility index (Phi) is 3.24. The molecular weight excluding hydrogens is 320 g/mol. The molecule has 0 fully saturated rings. The van der Waals surface area contributed by atoms with Crippen molar-refractivity contribution in [2.75, 3.05) is 5.32 Å². The number of ether oxygens (including phenoxy) is 1. The molecule has 2 heterocycles. The molecule has 2 aromatic carbocycles. The third-order valence-electron chi connectivity index (χ3n) is 3.51. The van der Waals surface area contributed by atoms with E-state index in [-0.39, 0.29) is 5.91 Å². The molecule has 3 aromatic rings. The van der Waals surface area contributed by atoms with E-state index in [2.05, 4.69) is 10.3 Å². The van der Waals surface area contributed by atoms with Crippen LogP contribution in [-0.4, -0.2) is 17.0 Å². The molecule has 0 unspecified atom stereocenters. The quantitative estimate of drug-likeness (QED) is 0.775. The zero-order valence-corrected chi connectivity index (χ0v) is 12.9. The predicted octanol–water partition coefficient (Wildman–Crippen LogP) is 3.89. The summed E-state index contributed by atoms with van der Waals surface area (Å²) in [6.45, 7) is 0. The molecule has 1 aliphatic heterocycles. The minimum Gasteiger partial charge on any atom is -0.480 e. The first-order chi connectivity index (χ1) is 10.7. The summed E-state index contributed by atoms with van der Waals surface area (Å²) in [5, 5.41) is 4.07. The number of carbonyl (C=O) groups excluding carboxylic acids is 1. The van der Waals surface area contributed by atoms with Crippen LogP contribution in [0.1, 0.15) is 5.56 Å². The monoisotopic (exact) mass is 330 g/mol. The summed E-state index contributed by atoms with van der Waals surface area (Å²) in [7, 11) is 0. The van der Waals surface area contributed by atoms with E-state index in [1.165, 1.54) is 11.3 Å². The van der Waals surface area contributed by atoms with Gasteiger partial charge in [0.25, 0.3) is 5.91 Å². The summed E-state index contributed by atoms with van der Waals surface area (Å²) >= 11 is 7.41. The number of hydrogen-bond donors (Lipinski definition) is 1. The van der Waals surface area contributed by atoms with Crippen molar-refractivity contribution in [3.63, 3.8) is 0 Å². The van der Waals surface area contributed by atoms with Gasteiger partial charge in [-0.05, 0) is 35.9 Å². The summed E-state index contributed by atoms with van der Waals surface area (Å²) in [6.07, 6.45) is -0.0208. The van der Waals surface area contributed by atoms with Crippen molar-refractivity contribution < 1.29 is 9.53 Å². The Balaban J connectivity index is 1.51. The SMILES string of the molecule is O=C(Nc1nc2ccccc2s1)[C@@H]1Cc2cc(Cl)ccc2O1. The number of halogens is 1. The second-order valence-electron chi connectivity index (χ2n) is 5.04. The maximum atomic E-state index is 12.3. The second kappa shape index (κ2) is 5.26. The maximum Gasteiger partial charge on any atom is 0.267 e. The van der Waals surface area contributed by atoms with Crippen molar-refractivity contribution in [3.05, 3.63) is 53.1 Å². The largest absolute Gasteiger partial charge is 0.480 e. The molecule has 6 heteroatoms. The fraction of sp³-hybridized carbons (Fsp3) is 0.125. The Morgan fingerprint density at radius 3 is 3.05 bits per heavy atom. The van der Waals surface area contributed by atoms with Gasteiger partial charge in [0.1, 0.15) is 5.75 Å². The number of para-hydroxylation sites is 1. The molecule has 0 saturated carbocycles. The Labute approximate surface area is 135 Å². The standard InChI is InChI=1S/C16H11ClN2O2S/c17-10-5-6-12-9(7-10)8-13(21-12)15(20)19-16-18-11-3-1-2-4-14(11)22-16/h1-7,13H,8H2,(H,18,19,20)/t13-/m0/s1. The highest BCUT2D eigenvalue weighted by atomic mass is 35.5. The topological polar surface area (TPSA) is 51.2 Å². The van der Waals surface area contributed by atoms with E-state index in [0.29, 0.717) is 22.3 Å². The van der Waals surface area contributed by atoms with Crippen molar-refractivity contribution in [3.8, 4) is 5.75 Å². The highest BCUT2D eigenvalue weighted by Crippen LogP contribution is 2.32. The van der Waals surface area contributed by atoms with Gasteiger partial charge in [-0.25, -0.2) is 4.98 Å². The van der Waals surface area contributed by atoms with Gasteiger partial charge in [0, 0.05) is 11.4 Å². The fourth-order valence-electron chi connectivity index (χ4n) is 2.47. The van der Waals surface area contributed by atoms with Crippen LogP contribution in [0.15, 0.2) is 42.5 Å². The van der Waals surface area contributed by atoms with E-state index in [4.69, 9.17) is 16.3 Å². The minimum atomic E-state index is -0.541. The molecule has 0 spiro atoms. The van der Waals surface area contributed by atoms with Crippen molar-refractivity contribution in [1.29, 1.82) is 0 Å². The van der Waals surface area contributed by atoms with Gasteiger partial charge in [0.2, 0.25) is 0 Å². The van der Waals surface area contributed by atoms with Crippen LogP contribution in [0.5, 0.6) is 5.75 Å². The van der Waals surface area contributed by atoms with Crippen molar-refractivity contribution in [2.45, 2.75) is 12.5 Å². The van der Waals surface area contributed by atoms with Crippen molar-refractivity contribution in [2.24, 2.45) is 0 Å². The molecule has 22 heavy (non-hydrogen) atoms. The van der Waals surface area contributed by atoms with E-state index < -0.39 is 6.10 Å². The number of rotatable bonds is 2. The molecule has 1 aromatic heterocycles. The molecule has 1 amide bonds. The summed E-state index contributed by atoms with van der Waals surface area (Å²) in [5.41, 5.74) is 1.84. The maximum absolute atomic E-state index is 12.3. The molecule has 0 saturated heterocycles. The molecule has 1 N–H and O–H groups in total. The smallest absolute Gasteiger partial charge is 0.267 e. The Morgan fingerprint density at radius 2 is 2.18 bits per heavy atom. The number of aromatic nitrogens is 1. The van der Waals surface area contributed by atoms with Crippen LogP contribution in [0.3, 0.4) is 0 Å². The van der Waals surface area contributed by atoms with Crippen LogP contribution >= 0.6 is 22.9 Å². The number of amides is 1. The number of fused-ring (bicyclic) bond motifs is 2. The van der Waals surface area contributed by atoms with E-state index >= 15 is 0 Å². The van der Waals surface area contributed by atoms with Crippen LogP contribution in [0.25, 0.3) is 10.2 Å². The first kappa shape index (κ1) is 13.5. The van der Waals surface area contributed by atoms with Gasteiger partial charge in [-0.2, -0.15) is 0 Å². The van der Waals surface area contributed by atoms with Crippen molar-refractivity contribution in [1.82, 2.24) is 4.98 Å². The number of thiazole rings is 1. The van der Waals surface area contributed by atoms with E-state index in [1.807, 2.05) is 30.3 Å². The molecule has 1 aliphatic rings. The average Bonchev–Trinajstić information content (AvgIpc) is 3.09. The Morgan fingerprint density at radius 1 is 1.32 bits per heavy atom. The number of benzene rings is 2. The van der Waals surface area contributed by atoms with Gasteiger partial charge in [-0.3, -0.25) is 10.1 Å². The summed E-state index contributed by atoms with van der Waals surface area (Å²) in [5.74, 6) is 0.528. The van der Waals surface area contributed by atoms with Gasteiger partial charge in [0.05, 0.1) is 10.2 Å². The van der Waals surface area contributed by atoms with Crippen molar-refractivity contribution >= 4 is 44.2 Å². The number of nitrogens with one attached hydrogen (secondary N) is 1. The van der Waals surface area contributed by atoms with Gasteiger partial charge in [0.15, 0.2) is 11.2 Å². The van der Waals surface area contributed by atoms with Crippen LogP contribution in [0.2, 0.25) is 5.02 Å². The highest BCUT2D eigenvalue weighted by Gasteiger charge is 2.29. The van der Waals surface area contributed by atoms with E-state index in [1.54, 1.807) is 12.1 Å². The molecule has 1 atom stereocenters. The first-order valence-corrected chi connectivity index (χ1v) is 8.00. The lowest BCUT2D eigenvalue weighted by molar-refractivity contribution is -0.122. The minimum absolute atomic E-state index is 0.189. The van der Waals surface area contributed by atoms with Crippen LogP contribution in [0, 0.1) is 0 Å². The molecular formula is C16H11ClN2O2S. The molecule has 0 radical (unpaired) electrons. The molecule has 110 valence electrons. The molecule has 4 rings (SSSR count). The molecule has 4 nitrogen and oxygen atoms in total. The predicted molar refractivity (Wildman–Crippen MR) is 87.8 cm³/mol. The number of nitrogens with zero attached hydrogens (tertiary/aromatic N) is 1. The summed E-state index contributed by atoms with van der Waals surface area (Å²) in [4.78, 5) is 16.7. The van der Waals surface area contributed by atoms with Gasteiger partial charge in [-0.1, -0.05) is 35.1 Å². The first-order valence-electron chi connectivity index (χ1n) is 6.80. The summed E-state index contributed by atoms with van der Waals surface area (Å²) in [6, 6.07) is 13.2. The summed E-state index contributed by atoms with van der Waals surface area (Å²) < 4.78 is 6.72. The second-order valence-corrected chi connectivity index (χ2v) is 6.51. The van der Waals surface area contributed by atoms with E-state index in [9.17, 15) is 4.79 Å². The third kappa shape index (κ3) is 2.42. The normalized spacial score (nSPS) is 16.3. The van der Waals surface area contributed by atoms with Gasteiger partial charge in [-0.15, -0.1) is 0 Å². The lowest BCUT2D eigenvalue weighted by Crippen LogP contribution is -2.31. The number of carbonyl (C=O) groups is 1. The van der Waals surface area contributed by atoms with Crippen LogP contribution in [0.4, 0.5) is 5.13 Å². The lowest BCUT2D eigenvalue weighted by Gasteiger charge is -2.09. The lowest BCUT2D eigenvalue weighted by atomic mass is 10.1. The van der Waals surface area contributed by atoms with Gasteiger partial charge < -0.3 is 4.74 Å². The highest BCUT2D eigenvalue weighted by molar-refractivity contribution is 7.22. The Hall–Kier alpha value is -2.11. The van der Waals surface area contributed by atoms with Crippen LogP contribution < -0.4 is 10.1 Å². The molecule has 0 bridgehead atoms. The number of anilines is 1. The van der Waals surface area contributed by atoms with Crippen LogP contribution in [-0.2, 0) is 11.2 Å². The van der Waals surface area contributed by atoms with E-state index in [0.717, 1.165) is 15.8 Å². The zero-order chi connectivity index (χ0) is 15.1. The fourth-order valence-corrected chi connectivity index (χ4v) is 3.54. The number of hydrogen-bond acceptors (Lipinski definition) is 4. The average molecular weight is 331 g/mol. The van der Waals surface area contributed by atoms with Gasteiger partial charge >= 0.3 is 0 Å². The molecule has 0 aliphatic carbocycles. The third-order valence-corrected chi connectivity index (χ3v) is 4.70. The zero-order valence-electron chi connectivity index (χ0n) is 11.4. The Bertz CT molecular complexity index is 844.